The maximum absolute atomic E-state index is 11.6. The SMILES string of the molecule is COC(=O)c1cc(NCc2ccc(N3CCOCC3)cc2)ccc1O. The van der Waals surface area contributed by atoms with Crippen molar-refractivity contribution in [1.29, 1.82) is 0 Å². The van der Waals surface area contributed by atoms with E-state index in [0.717, 1.165) is 37.6 Å². The van der Waals surface area contributed by atoms with E-state index in [0.29, 0.717) is 6.54 Å². The van der Waals surface area contributed by atoms with E-state index in [4.69, 9.17) is 4.74 Å². The quantitative estimate of drug-likeness (QED) is 0.643. The highest BCUT2D eigenvalue weighted by atomic mass is 16.5. The second kappa shape index (κ2) is 7.90. The first-order valence-electron chi connectivity index (χ1n) is 8.24. The van der Waals surface area contributed by atoms with Crippen LogP contribution in [0.2, 0.25) is 0 Å². The van der Waals surface area contributed by atoms with Gasteiger partial charge in [-0.3, -0.25) is 0 Å². The Kier molecular flexibility index (Phi) is 5.40. The first-order chi connectivity index (χ1) is 12.2. The van der Waals surface area contributed by atoms with Gasteiger partial charge in [0.1, 0.15) is 11.3 Å². The number of hydrogen-bond acceptors (Lipinski definition) is 6. The molecule has 25 heavy (non-hydrogen) atoms. The molecule has 0 atom stereocenters. The van der Waals surface area contributed by atoms with Crippen LogP contribution < -0.4 is 10.2 Å². The Morgan fingerprint density at radius 3 is 2.60 bits per heavy atom. The molecule has 0 radical (unpaired) electrons. The molecule has 2 aromatic carbocycles. The van der Waals surface area contributed by atoms with Gasteiger partial charge in [-0.25, -0.2) is 4.79 Å². The van der Waals surface area contributed by atoms with E-state index in [1.165, 1.54) is 18.9 Å². The van der Waals surface area contributed by atoms with Gasteiger partial charge < -0.3 is 24.8 Å². The molecule has 0 aromatic heterocycles. The van der Waals surface area contributed by atoms with Crippen molar-refractivity contribution in [2.75, 3.05) is 43.6 Å². The zero-order valence-corrected chi connectivity index (χ0v) is 14.2. The van der Waals surface area contributed by atoms with Crippen LogP contribution in [0.25, 0.3) is 0 Å². The number of carbonyl (C=O) groups is 1. The predicted octanol–water partition coefficient (Wildman–Crippen LogP) is 2.63. The third-order valence-corrected chi connectivity index (χ3v) is 4.21. The third kappa shape index (κ3) is 4.22. The number of carbonyl (C=O) groups excluding carboxylic acids is 1. The molecular weight excluding hydrogens is 320 g/mol. The number of ether oxygens (including phenoxy) is 2. The second-order valence-electron chi connectivity index (χ2n) is 5.84. The van der Waals surface area contributed by atoms with Gasteiger partial charge >= 0.3 is 5.97 Å². The van der Waals surface area contributed by atoms with Crippen molar-refractivity contribution in [2.24, 2.45) is 0 Å². The van der Waals surface area contributed by atoms with E-state index >= 15 is 0 Å². The fraction of sp³-hybridized carbons (Fsp3) is 0.316. The van der Waals surface area contributed by atoms with Crippen molar-refractivity contribution in [3.05, 3.63) is 53.6 Å². The minimum Gasteiger partial charge on any atom is -0.507 e. The lowest BCUT2D eigenvalue weighted by Gasteiger charge is -2.28. The molecule has 6 nitrogen and oxygen atoms in total. The van der Waals surface area contributed by atoms with Crippen molar-refractivity contribution >= 4 is 17.3 Å². The maximum atomic E-state index is 11.6. The summed E-state index contributed by atoms with van der Waals surface area (Å²) in [4.78, 5) is 13.9. The molecule has 0 aliphatic carbocycles. The Labute approximate surface area is 147 Å². The summed E-state index contributed by atoms with van der Waals surface area (Å²) < 4.78 is 10.0. The van der Waals surface area contributed by atoms with E-state index in [1.807, 2.05) is 0 Å². The molecule has 2 aromatic rings. The smallest absolute Gasteiger partial charge is 0.341 e. The molecule has 1 fully saturated rings. The van der Waals surface area contributed by atoms with Crippen LogP contribution in [-0.4, -0.2) is 44.5 Å². The number of esters is 1. The van der Waals surface area contributed by atoms with Gasteiger partial charge in [0, 0.05) is 31.0 Å². The number of benzene rings is 2. The zero-order chi connectivity index (χ0) is 17.6. The third-order valence-electron chi connectivity index (χ3n) is 4.21. The van der Waals surface area contributed by atoms with Gasteiger partial charge in [-0.05, 0) is 35.9 Å². The number of phenolic OH excluding ortho intramolecular Hbond substituents is 1. The molecule has 1 aliphatic heterocycles. The van der Waals surface area contributed by atoms with Gasteiger partial charge in [0.05, 0.1) is 20.3 Å². The lowest BCUT2D eigenvalue weighted by atomic mass is 10.1. The van der Waals surface area contributed by atoms with Crippen molar-refractivity contribution in [2.45, 2.75) is 6.54 Å². The predicted molar refractivity (Wildman–Crippen MR) is 96.2 cm³/mol. The number of phenols is 1. The number of nitrogens with one attached hydrogen (secondary N) is 1. The average molecular weight is 342 g/mol. The molecule has 1 saturated heterocycles. The molecule has 1 heterocycles. The highest BCUT2D eigenvalue weighted by Crippen LogP contribution is 2.23. The molecule has 0 unspecified atom stereocenters. The highest BCUT2D eigenvalue weighted by Gasteiger charge is 2.13. The molecule has 132 valence electrons. The minimum atomic E-state index is -0.559. The van der Waals surface area contributed by atoms with Gasteiger partial charge in [0.2, 0.25) is 0 Å². The summed E-state index contributed by atoms with van der Waals surface area (Å²) in [5.41, 5.74) is 3.22. The number of hydrogen-bond donors (Lipinski definition) is 2. The first kappa shape index (κ1) is 17.1. The van der Waals surface area contributed by atoms with Crippen LogP contribution in [0.15, 0.2) is 42.5 Å². The standard InChI is InChI=1S/C19H22N2O4/c1-24-19(23)17-12-15(4-7-18(17)22)20-13-14-2-5-16(6-3-14)21-8-10-25-11-9-21/h2-7,12,20,22H,8-11,13H2,1H3. The lowest BCUT2D eigenvalue weighted by Crippen LogP contribution is -2.36. The number of nitrogens with zero attached hydrogens (tertiary/aromatic N) is 1. The first-order valence-corrected chi connectivity index (χ1v) is 8.24. The second-order valence-corrected chi connectivity index (χ2v) is 5.84. The summed E-state index contributed by atoms with van der Waals surface area (Å²) in [6, 6.07) is 13.2. The van der Waals surface area contributed by atoms with E-state index in [1.54, 1.807) is 12.1 Å². The van der Waals surface area contributed by atoms with Crippen LogP contribution in [-0.2, 0) is 16.0 Å². The zero-order valence-electron chi connectivity index (χ0n) is 14.2. The molecule has 0 bridgehead atoms. The van der Waals surface area contributed by atoms with Crippen LogP contribution in [0.4, 0.5) is 11.4 Å². The van der Waals surface area contributed by atoms with Gasteiger partial charge in [0.25, 0.3) is 0 Å². The fourth-order valence-corrected chi connectivity index (χ4v) is 2.77. The molecule has 0 saturated carbocycles. The summed E-state index contributed by atoms with van der Waals surface area (Å²) >= 11 is 0. The molecule has 0 spiro atoms. The Hall–Kier alpha value is -2.73. The molecule has 1 aliphatic rings. The Balaban J connectivity index is 1.62. The van der Waals surface area contributed by atoms with Crippen LogP contribution in [0.5, 0.6) is 5.75 Å². The Bertz CT molecular complexity index is 725. The van der Waals surface area contributed by atoms with Crippen LogP contribution in [0, 0.1) is 0 Å². The summed E-state index contributed by atoms with van der Waals surface area (Å²) in [7, 11) is 1.29. The molecule has 0 amide bonds. The van der Waals surface area contributed by atoms with Crippen molar-refractivity contribution < 1.29 is 19.4 Å². The maximum Gasteiger partial charge on any atom is 0.341 e. The average Bonchev–Trinajstić information content (AvgIpc) is 2.68. The summed E-state index contributed by atoms with van der Waals surface area (Å²) in [5, 5.41) is 13.0. The topological polar surface area (TPSA) is 71.0 Å². The van der Waals surface area contributed by atoms with Crippen molar-refractivity contribution in [1.82, 2.24) is 0 Å². The van der Waals surface area contributed by atoms with Gasteiger partial charge in [-0.1, -0.05) is 12.1 Å². The van der Waals surface area contributed by atoms with Crippen molar-refractivity contribution in [3.8, 4) is 5.75 Å². The normalized spacial score (nSPS) is 14.2. The highest BCUT2D eigenvalue weighted by molar-refractivity contribution is 5.93. The number of methoxy groups -OCH3 is 1. The number of rotatable bonds is 5. The summed E-state index contributed by atoms with van der Waals surface area (Å²) in [5.74, 6) is -0.650. The van der Waals surface area contributed by atoms with Gasteiger partial charge in [-0.15, -0.1) is 0 Å². The fourth-order valence-electron chi connectivity index (χ4n) is 2.77. The summed E-state index contributed by atoms with van der Waals surface area (Å²) in [6.45, 7) is 4.00. The monoisotopic (exact) mass is 342 g/mol. The van der Waals surface area contributed by atoms with Gasteiger partial charge in [0.15, 0.2) is 0 Å². The van der Waals surface area contributed by atoms with Crippen LogP contribution >= 0.6 is 0 Å². The van der Waals surface area contributed by atoms with E-state index in [-0.39, 0.29) is 11.3 Å². The molecular formula is C19H22N2O4. The minimum absolute atomic E-state index is 0.0905. The Morgan fingerprint density at radius 1 is 1.20 bits per heavy atom. The largest absolute Gasteiger partial charge is 0.507 e. The van der Waals surface area contributed by atoms with E-state index in [2.05, 4.69) is 39.2 Å². The van der Waals surface area contributed by atoms with E-state index < -0.39 is 5.97 Å². The number of morpholine rings is 1. The lowest BCUT2D eigenvalue weighted by molar-refractivity contribution is 0.0597. The number of anilines is 2. The van der Waals surface area contributed by atoms with Gasteiger partial charge in [-0.2, -0.15) is 0 Å². The summed E-state index contributed by atoms with van der Waals surface area (Å²) in [6.07, 6.45) is 0. The van der Waals surface area contributed by atoms with E-state index in [9.17, 15) is 9.90 Å². The Morgan fingerprint density at radius 2 is 1.92 bits per heavy atom. The number of aromatic hydroxyl groups is 1. The molecule has 3 rings (SSSR count). The van der Waals surface area contributed by atoms with Crippen LogP contribution in [0.1, 0.15) is 15.9 Å². The van der Waals surface area contributed by atoms with Crippen molar-refractivity contribution in [3.63, 3.8) is 0 Å². The molecule has 2 N–H and O–H groups in total. The van der Waals surface area contributed by atoms with Crippen LogP contribution in [0.3, 0.4) is 0 Å². The molecule has 6 heteroatoms.